The molecule has 2 aromatic carbocycles. The van der Waals surface area contributed by atoms with Crippen LogP contribution in [0.2, 0.25) is 0 Å². The van der Waals surface area contributed by atoms with E-state index in [9.17, 15) is 13.2 Å². The fourth-order valence-electron chi connectivity index (χ4n) is 3.50. The second-order valence-electron chi connectivity index (χ2n) is 6.95. The molecule has 1 N–H and O–H groups in total. The van der Waals surface area contributed by atoms with Gasteiger partial charge in [0.05, 0.1) is 17.6 Å². The minimum atomic E-state index is -3.35. The van der Waals surface area contributed by atoms with Crippen molar-refractivity contribution in [3.8, 4) is 11.3 Å². The van der Waals surface area contributed by atoms with Crippen molar-refractivity contribution >= 4 is 54.0 Å². The first-order valence-corrected chi connectivity index (χ1v) is 12.4. The predicted molar refractivity (Wildman–Crippen MR) is 120 cm³/mol. The molecule has 4 rings (SSSR count). The molecule has 6 nitrogen and oxygen atoms in total. The Kier molecular flexibility index (Phi) is 5.22. The lowest BCUT2D eigenvalue weighted by molar-refractivity contribution is 0.102. The lowest BCUT2D eigenvalue weighted by atomic mass is 10.1. The zero-order valence-corrected chi connectivity index (χ0v) is 18.9. The van der Waals surface area contributed by atoms with Crippen LogP contribution in [0.15, 0.2) is 52.3 Å². The minimum absolute atomic E-state index is 0.161. The van der Waals surface area contributed by atoms with E-state index in [4.69, 9.17) is 0 Å². The number of fused-ring (bicyclic) bond motifs is 1. The van der Waals surface area contributed by atoms with E-state index in [1.807, 2.05) is 36.6 Å². The van der Waals surface area contributed by atoms with Crippen LogP contribution in [-0.4, -0.2) is 31.6 Å². The molecular formula is C20H18BrN3O3S2. The summed E-state index contributed by atoms with van der Waals surface area (Å²) in [5.41, 5.74) is 3.74. The highest BCUT2D eigenvalue weighted by Gasteiger charge is 2.32. The number of sulfonamides is 1. The number of hydrogen-bond acceptors (Lipinski definition) is 5. The Morgan fingerprint density at radius 1 is 1.24 bits per heavy atom. The first-order chi connectivity index (χ1) is 13.7. The number of benzene rings is 2. The van der Waals surface area contributed by atoms with Crippen LogP contribution < -0.4 is 9.62 Å². The highest BCUT2D eigenvalue weighted by Crippen LogP contribution is 2.35. The van der Waals surface area contributed by atoms with Crippen molar-refractivity contribution in [2.24, 2.45) is 0 Å². The van der Waals surface area contributed by atoms with Crippen molar-refractivity contribution < 1.29 is 13.2 Å². The Morgan fingerprint density at radius 2 is 1.97 bits per heavy atom. The average Bonchev–Trinajstić information content (AvgIpc) is 3.24. The van der Waals surface area contributed by atoms with Crippen molar-refractivity contribution in [3.05, 3.63) is 63.4 Å². The third-order valence-electron chi connectivity index (χ3n) is 4.72. The van der Waals surface area contributed by atoms with Crippen LogP contribution in [0.25, 0.3) is 11.3 Å². The number of rotatable bonds is 4. The summed E-state index contributed by atoms with van der Waals surface area (Å²) in [6, 6.07) is 12.7. The van der Waals surface area contributed by atoms with Crippen LogP contribution in [0.3, 0.4) is 0 Å². The molecule has 0 bridgehead atoms. The second kappa shape index (κ2) is 7.55. The zero-order valence-electron chi connectivity index (χ0n) is 15.7. The van der Waals surface area contributed by atoms with E-state index in [0.717, 1.165) is 21.3 Å². The van der Waals surface area contributed by atoms with Gasteiger partial charge in [-0.2, -0.15) is 0 Å². The highest BCUT2D eigenvalue weighted by molar-refractivity contribution is 9.10. The summed E-state index contributed by atoms with van der Waals surface area (Å²) in [5.74, 6) is -0.269. The Morgan fingerprint density at radius 3 is 2.66 bits per heavy atom. The van der Waals surface area contributed by atoms with Crippen molar-refractivity contribution in [1.82, 2.24) is 4.98 Å². The molecule has 1 aliphatic rings. The third-order valence-corrected chi connectivity index (χ3v) is 7.27. The van der Waals surface area contributed by atoms with Crippen LogP contribution >= 0.6 is 27.3 Å². The molecular weight excluding hydrogens is 474 g/mol. The van der Waals surface area contributed by atoms with Gasteiger partial charge in [0, 0.05) is 27.0 Å². The Bertz CT molecular complexity index is 1190. The summed E-state index contributed by atoms with van der Waals surface area (Å²) < 4.78 is 26.5. The number of nitrogens with zero attached hydrogens (tertiary/aromatic N) is 2. The average molecular weight is 492 g/mol. The zero-order chi connectivity index (χ0) is 20.8. The Hall–Kier alpha value is -2.23. The van der Waals surface area contributed by atoms with E-state index in [1.54, 1.807) is 18.2 Å². The number of nitrogens with one attached hydrogen (secondary N) is 1. The molecule has 9 heteroatoms. The molecule has 1 atom stereocenters. The van der Waals surface area contributed by atoms with Gasteiger partial charge in [-0.1, -0.05) is 28.1 Å². The summed E-state index contributed by atoms with van der Waals surface area (Å²) in [7, 11) is -3.35. The smallest absolute Gasteiger partial charge is 0.257 e. The summed E-state index contributed by atoms with van der Waals surface area (Å²) >= 11 is 4.77. The van der Waals surface area contributed by atoms with Gasteiger partial charge in [0.2, 0.25) is 10.0 Å². The topological polar surface area (TPSA) is 79.4 Å². The Balaban J connectivity index is 1.53. The van der Waals surface area contributed by atoms with Crippen LogP contribution in [0.1, 0.15) is 22.8 Å². The molecule has 2 heterocycles. The van der Waals surface area contributed by atoms with Gasteiger partial charge < -0.3 is 0 Å². The number of amides is 1. The number of halogens is 1. The summed E-state index contributed by atoms with van der Waals surface area (Å²) in [5, 5.41) is 5.24. The van der Waals surface area contributed by atoms with Gasteiger partial charge in [0.1, 0.15) is 0 Å². The molecule has 0 unspecified atom stereocenters. The van der Waals surface area contributed by atoms with Crippen molar-refractivity contribution in [2.75, 3.05) is 15.9 Å². The molecule has 0 aliphatic carbocycles. The summed E-state index contributed by atoms with van der Waals surface area (Å²) in [6.45, 7) is 1.86. The number of anilines is 2. The van der Waals surface area contributed by atoms with Crippen molar-refractivity contribution in [3.63, 3.8) is 0 Å². The maximum Gasteiger partial charge on any atom is 0.257 e. The van der Waals surface area contributed by atoms with E-state index in [2.05, 4.69) is 26.2 Å². The molecule has 0 spiro atoms. The van der Waals surface area contributed by atoms with Crippen molar-refractivity contribution in [1.29, 1.82) is 0 Å². The van der Waals surface area contributed by atoms with Gasteiger partial charge in [-0.25, -0.2) is 13.4 Å². The number of aromatic nitrogens is 1. The normalized spacial score (nSPS) is 16.0. The molecule has 1 amide bonds. The van der Waals surface area contributed by atoms with Gasteiger partial charge in [0.25, 0.3) is 5.91 Å². The first kappa shape index (κ1) is 20.1. The standard InChI is InChI=1S/C20H18BrN3O3S2/c1-12-9-15-10-14(5-8-18(15)24(12)29(2,26)27)19(25)23-20-22-17(11-28-20)13-3-6-16(21)7-4-13/h3-8,10-12H,9H2,1-2H3,(H,22,23,25)/t12-/m0/s1. The number of carbonyl (C=O) groups is 1. The third kappa shape index (κ3) is 4.08. The molecule has 0 saturated carbocycles. The van der Waals surface area contributed by atoms with Gasteiger partial charge in [0.15, 0.2) is 5.13 Å². The van der Waals surface area contributed by atoms with Crippen LogP contribution in [0.5, 0.6) is 0 Å². The van der Waals surface area contributed by atoms with Crippen LogP contribution in [0, 0.1) is 0 Å². The van der Waals surface area contributed by atoms with E-state index in [0.29, 0.717) is 22.8 Å². The summed E-state index contributed by atoms with van der Waals surface area (Å²) in [4.78, 5) is 17.2. The molecule has 0 radical (unpaired) electrons. The number of thiazole rings is 1. The molecule has 0 saturated heterocycles. The van der Waals surface area contributed by atoms with Crippen LogP contribution in [0.4, 0.5) is 10.8 Å². The van der Waals surface area contributed by atoms with E-state index < -0.39 is 10.0 Å². The highest BCUT2D eigenvalue weighted by atomic mass is 79.9. The fourth-order valence-corrected chi connectivity index (χ4v) is 5.75. The molecule has 1 aromatic heterocycles. The van der Waals surface area contributed by atoms with Crippen LogP contribution in [-0.2, 0) is 16.4 Å². The van der Waals surface area contributed by atoms with Gasteiger partial charge in [-0.3, -0.25) is 14.4 Å². The molecule has 29 heavy (non-hydrogen) atoms. The van der Waals surface area contributed by atoms with E-state index in [1.165, 1.54) is 21.9 Å². The largest absolute Gasteiger partial charge is 0.298 e. The second-order valence-corrected chi connectivity index (χ2v) is 10.6. The predicted octanol–water partition coefficient (Wildman–Crippen LogP) is 4.54. The lowest BCUT2D eigenvalue weighted by Gasteiger charge is -2.21. The number of carbonyl (C=O) groups excluding carboxylic acids is 1. The number of hydrogen-bond donors (Lipinski definition) is 1. The minimum Gasteiger partial charge on any atom is -0.298 e. The summed E-state index contributed by atoms with van der Waals surface area (Å²) in [6.07, 6.45) is 1.78. The molecule has 150 valence electrons. The quantitative estimate of drug-likeness (QED) is 0.580. The van der Waals surface area contributed by atoms with Gasteiger partial charge in [-0.15, -0.1) is 11.3 Å². The van der Waals surface area contributed by atoms with E-state index >= 15 is 0 Å². The first-order valence-electron chi connectivity index (χ1n) is 8.87. The monoisotopic (exact) mass is 491 g/mol. The van der Waals surface area contributed by atoms with Gasteiger partial charge in [-0.05, 0) is 49.2 Å². The molecule has 3 aromatic rings. The maximum absolute atomic E-state index is 12.7. The molecule has 1 aliphatic heterocycles. The lowest BCUT2D eigenvalue weighted by Crippen LogP contribution is -2.34. The molecule has 0 fully saturated rings. The van der Waals surface area contributed by atoms with E-state index in [-0.39, 0.29) is 11.9 Å². The fraction of sp³-hybridized carbons (Fsp3) is 0.200. The SMILES string of the molecule is C[C@H]1Cc2cc(C(=O)Nc3nc(-c4ccc(Br)cc4)cs3)ccc2N1S(C)(=O)=O. The van der Waals surface area contributed by atoms with Crippen molar-refractivity contribution in [2.45, 2.75) is 19.4 Å². The van der Waals surface area contributed by atoms with Gasteiger partial charge >= 0.3 is 0 Å². The Labute approximate surface area is 181 Å². The maximum atomic E-state index is 12.7.